The monoisotopic (exact) mass is 257 g/mol. The Morgan fingerprint density at radius 2 is 1.83 bits per heavy atom. The lowest BCUT2D eigenvalue weighted by Gasteiger charge is -2.20. The van der Waals surface area contributed by atoms with Gasteiger partial charge >= 0.3 is 5.97 Å². The van der Waals surface area contributed by atoms with Gasteiger partial charge in [-0.2, -0.15) is 0 Å². The molecule has 0 aromatic carbocycles. The number of ether oxygens (including phenoxy) is 1. The van der Waals surface area contributed by atoms with Crippen LogP contribution in [0.3, 0.4) is 0 Å². The minimum Gasteiger partial charge on any atom is -0.460 e. The molecule has 0 aliphatic carbocycles. The highest BCUT2D eigenvalue weighted by Crippen LogP contribution is 2.12. The molecular formula is C14H27NO3. The Kier molecular flexibility index (Phi) is 7.14. The van der Waals surface area contributed by atoms with Crippen LogP contribution in [0.1, 0.15) is 60.3 Å². The molecule has 0 aromatic rings. The Morgan fingerprint density at radius 1 is 1.28 bits per heavy atom. The SMILES string of the molecule is CCC(C)C(=O)[C@@H](N)CCCC(=O)OC(C)(C)C. The van der Waals surface area contributed by atoms with E-state index in [1.165, 1.54) is 0 Å². The molecule has 4 heteroatoms. The second kappa shape index (κ2) is 7.52. The first kappa shape index (κ1) is 17.1. The van der Waals surface area contributed by atoms with Crippen LogP contribution in [-0.2, 0) is 14.3 Å². The van der Waals surface area contributed by atoms with E-state index >= 15 is 0 Å². The maximum absolute atomic E-state index is 11.7. The Morgan fingerprint density at radius 3 is 2.28 bits per heavy atom. The number of esters is 1. The molecule has 0 rings (SSSR count). The summed E-state index contributed by atoms with van der Waals surface area (Å²) in [4.78, 5) is 23.2. The van der Waals surface area contributed by atoms with E-state index in [0.29, 0.717) is 19.3 Å². The van der Waals surface area contributed by atoms with Crippen LogP contribution >= 0.6 is 0 Å². The van der Waals surface area contributed by atoms with Gasteiger partial charge in [0.25, 0.3) is 0 Å². The summed E-state index contributed by atoms with van der Waals surface area (Å²) in [6.07, 6.45) is 2.26. The fourth-order valence-corrected chi connectivity index (χ4v) is 1.57. The molecule has 0 bridgehead atoms. The van der Waals surface area contributed by atoms with Crippen molar-refractivity contribution < 1.29 is 14.3 Å². The fourth-order valence-electron chi connectivity index (χ4n) is 1.57. The van der Waals surface area contributed by atoms with Crippen LogP contribution in [0.5, 0.6) is 0 Å². The summed E-state index contributed by atoms with van der Waals surface area (Å²) in [5.74, 6) is -0.145. The van der Waals surface area contributed by atoms with Crippen molar-refractivity contribution in [2.75, 3.05) is 0 Å². The molecule has 1 unspecified atom stereocenters. The van der Waals surface area contributed by atoms with Crippen molar-refractivity contribution in [3.8, 4) is 0 Å². The van der Waals surface area contributed by atoms with Gasteiger partial charge in [0.15, 0.2) is 5.78 Å². The van der Waals surface area contributed by atoms with Gasteiger partial charge in [-0.1, -0.05) is 13.8 Å². The zero-order valence-electron chi connectivity index (χ0n) is 12.3. The molecule has 106 valence electrons. The number of Topliss-reactive ketones (excluding diaryl/α,β-unsaturated/α-hetero) is 1. The number of rotatable bonds is 7. The molecule has 0 aromatic heterocycles. The molecule has 0 saturated heterocycles. The Balaban J connectivity index is 3.91. The van der Waals surface area contributed by atoms with Gasteiger partial charge in [0.05, 0.1) is 6.04 Å². The molecule has 0 aliphatic rings. The lowest BCUT2D eigenvalue weighted by Crippen LogP contribution is -2.34. The van der Waals surface area contributed by atoms with Gasteiger partial charge < -0.3 is 10.5 Å². The zero-order valence-corrected chi connectivity index (χ0v) is 12.3. The van der Waals surface area contributed by atoms with Gasteiger partial charge in [-0.3, -0.25) is 9.59 Å². The lowest BCUT2D eigenvalue weighted by molar-refractivity contribution is -0.155. The largest absolute Gasteiger partial charge is 0.460 e. The van der Waals surface area contributed by atoms with Crippen molar-refractivity contribution in [2.45, 2.75) is 71.9 Å². The second-order valence-electron chi connectivity index (χ2n) is 5.80. The van der Waals surface area contributed by atoms with E-state index < -0.39 is 11.6 Å². The van der Waals surface area contributed by atoms with Gasteiger partial charge in [-0.25, -0.2) is 0 Å². The van der Waals surface area contributed by atoms with Gasteiger partial charge in [-0.05, 0) is 40.0 Å². The second-order valence-corrected chi connectivity index (χ2v) is 5.80. The van der Waals surface area contributed by atoms with Gasteiger partial charge in [-0.15, -0.1) is 0 Å². The highest BCUT2D eigenvalue weighted by atomic mass is 16.6. The van der Waals surface area contributed by atoms with E-state index in [-0.39, 0.29) is 17.7 Å². The van der Waals surface area contributed by atoms with E-state index in [9.17, 15) is 9.59 Å². The summed E-state index contributed by atoms with van der Waals surface area (Å²) < 4.78 is 5.18. The van der Waals surface area contributed by atoms with Crippen LogP contribution in [0.2, 0.25) is 0 Å². The smallest absolute Gasteiger partial charge is 0.306 e. The third-order valence-corrected chi connectivity index (χ3v) is 2.78. The summed E-state index contributed by atoms with van der Waals surface area (Å²) in [6, 6.07) is -0.456. The number of carbonyl (C=O) groups excluding carboxylic acids is 2. The molecule has 2 N–H and O–H groups in total. The minimum absolute atomic E-state index is 0.00141. The molecule has 0 radical (unpaired) electrons. The molecule has 18 heavy (non-hydrogen) atoms. The minimum atomic E-state index is -0.456. The molecule has 4 nitrogen and oxygen atoms in total. The van der Waals surface area contributed by atoms with E-state index in [0.717, 1.165) is 6.42 Å². The normalized spacial score (nSPS) is 15.0. The number of hydrogen-bond acceptors (Lipinski definition) is 4. The average Bonchev–Trinajstić information content (AvgIpc) is 2.24. The van der Waals surface area contributed by atoms with E-state index in [1.54, 1.807) is 0 Å². The van der Waals surface area contributed by atoms with Crippen LogP contribution < -0.4 is 5.73 Å². The third-order valence-electron chi connectivity index (χ3n) is 2.78. The van der Waals surface area contributed by atoms with E-state index in [1.807, 2.05) is 34.6 Å². The van der Waals surface area contributed by atoms with Crippen LogP contribution in [0, 0.1) is 5.92 Å². The first-order valence-electron chi connectivity index (χ1n) is 6.68. The van der Waals surface area contributed by atoms with Gasteiger partial charge in [0.2, 0.25) is 0 Å². The van der Waals surface area contributed by atoms with Crippen molar-refractivity contribution >= 4 is 11.8 Å². The van der Waals surface area contributed by atoms with Crippen molar-refractivity contribution in [1.82, 2.24) is 0 Å². The number of ketones is 1. The van der Waals surface area contributed by atoms with Gasteiger partial charge in [0.1, 0.15) is 5.60 Å². The Hall–Kier alpha value is -0.900. The molecule has 0 amide bonds. The molecule has 0 saturated carbocycles. The quantitative estimate of drug-likeness (QED) is 0.711. The third kappa shape index (κ3) is 7.43. The lowest BCUT2D eigenvalue weighted by atomic mass is 9.95. The Bertz CT molecular complexity index is 281. The number of carbonyl (C=O) groups is 2. The van der Waals surface area contributed by atoms with Crippen LogP contribution in [0.4, 0.5) is 0 Å². The summed E-state index contributed by atoms with van der Waals surface area (Å²) in [7, 11) is 0. The van der Waals surface area contributed by atoms with Crippen molar-refractivity contribution in [3.05, 3.63) is 0 Å². The molecule has 2 atom stereocenters. The van der Waals surface area contributed by atoms with E-state index in [4.69, 9.17) is 10.5 Å². The summed E-state index contributed by atoms with van der Waals surface area (Å²) in [5.41, 5.74) is 5.35. The highest BCUT2D eigenvalue weighted by Gasteiger charge is 2.20. The summed E-state index contributed by atoms with van der Waals surface area (Å²) in [5, 5.41) is 0. The Labute approximate surface area is 110 Å². The fraction of sp³-hybridized carbons (Fsp3) is 0.857. The van der Waals surface area contributed by atoms with Crippen molar-refractivity contribution in [1.29, 1.82) is 0 Å². The molecule has 0 fully saturated rings. The summed E-state index contributed by atoms with van der Waals surface area (Å²) >= 11 is 0. The molecule has 0 spiro atoms. The first-order chi connectivity index (χ1) is 8.17. The van der Waals surface area contributed by atoms with Crippen LogP contribution in [-0.4, -0.2) is 23.4 Å². The number of nitrogens with two attached hydrogens (primary N) is 1. The van der Waals surface area contributed by atoms with Crippen molar-refractivity contribution in [2.24, 2.45) is 11.7 Å². The van der Waals surface area contributed by atoms with Crippen molar-refractivity contribution in [3.63, 3.8) is 0 Å². The molecule has 0 heterocycles. The topological polar surface area (TPSA) is 69.4 Å². The maximum atomic E-state index is 11.7. The molecular weight excluding hydrogens is 230 g/mol. The average molecular weight is 257 g/mol. The summed E-state index contributed by atoms with van der Waals surface area (Å²) in [6.45, 7) is 9.36. The first-order valence-corrected chi connectivity index (χ1v) is 6.68. The molecule has 0 aliphatic heterocycles. The standard InChI is InChI=1S/C14H27NO3/c1-6-10(2)13(17)11(15)8-7-9-12(16)18-14(3,4)5/h10-11H,6-9,15H2,1-5H3/t10?,11-/m0/s1. The van der Waals surface area contributed by atoms with Crippen LogP contribution in [0.25, 0.3) is 0 Å². The van der Waals surface area contributed by atoms with E-state index in [2.05, 4.69) is 0 Å². The zero-order chi connectivity index (χ0) is 14.3. The van der Waals surface area contributed by atoms with Gasteiger partial charge in [0, 0.05) is 12.3 Å². The predicted octanol–water partition coefficient (Wildman–Crippen LogP) is 2.44. The van der Waals surface area contributed by atoms with Crippen LogP contribution in [0.15, 0.2) is 0 Å². The number of hydrogen-bond donors (Lipinski definition) is 1. The highest BCUT2D eigenvalue weighted by molar-refractivity contribution is 5.85. The predicted molar refractivity (Wildman–Crippen MR) is 72.1 cm³/mol. The maximum Gasteiger partial charge on any atom is 0.306 e.